The Morgan fingerprint density at radius 1 is 1.35 bits per heavy atom. The molecule has 2 rings (SSSR count). The van der Waals surface area contributed by atoms with Crippen LogP contribution in [0.1, 0.15) is 29.2 Å². The zero-order chi connectivity index (χ0) is 12.3. The Hall–Kier alpha value is -0.830. The van der Waals surface area contributed by atoms with Crippen molar-refractivity contribution in [1.29, 1.82) is 0 Å². The van der Waals surface area contributed by atoms with Crippen LogP contribution in [0.4, 0.5) is 0 Å². The fourth-order valence-electron chi connectivity index (χ4n) is 1.97. The van der Waals surface area contributed by atoms with Crippen LogP contribution in [0.5, 0.6) is 0 Å². The van der Waals surface area contributed by atoms with Crippen molar-refractivity contribution in [1.82, 2.24) is 0 Å². The van der Waals surface area contributed by atoms with Crippen molar-refractivity contribution < 1.29 is 0 Å². The summed E-state index contributed by atoms with van der Waals surface area (Å²) in [5.74, 6) is 0. The van der Waals surface area contributed by atoms with Gasteiger partial charge in [0.2, 0.25) is 0 Å². The average molecular weight is 266 g/mol. The lowest BCUT2D eigenvalue weighted by atomic mass is 9.97. The van der Waals surface area contributed by atoms with Gasteiger partial charge >= 0.3 is 0 Å². The molecular weight excluding hydrogens is 250 g/mol. The largest absolute Gasteiger partial charge is 0.324 e. The Balaban J connectivity index is 2.01. The van der Waals surface area contributed by atoms with Crippen LogP contribution in [0.25, 0.3) is 0 Å². The molecule has 0 saturated heterocycles. The molecule has 0 amide bonds. The maximum Gasteiger partial charge on any atom is 0.0408 e. The maximum atomic E-state index is 6.22. The van der Waals surface area contributed by atoms with Crippen molar-refractivity contribution in [3.8, 4) is 0 Å². The Kier molecular flexibility index (Phi) is 4.21. The molecule has 3 heteroatoms. The predicted molar refractivity (Wildman–Crippen MR) is 75.8 cm³/mol. The molecule has 2 N–H and O–H groups in total. The third-order valence-electron chi connectivity index (χ3n) is 2.96. The van der Waals surface area contributed by atoms with Gasteiger partial charge < -0.3 is 5.73 Å². The first-order chi connectivity index (χ1) is 8.16. The minimum Gasteiger partial charge on any atom is -0.324 e. The van der Waals surface area contributed by atoms with E-state index in [2.05, 4.69) is 23.8 Å². The number of rotatable bonds is 4. The maximum absolute atomic E-state index is 6.22. The first-order valence-electron chi connectivity index (χ1n) is 5.69. The third-order valence-corrected chi connectivity index (χ3v) is 3.92. The molecule has 0 spiro atoms. The molecule has 1 nitrogen and oxygen atoms in total. The van der Waals surface area contributed by atoms with Crippen molar-refractivity contribution in [2.75, 3.05) is 0 Å². The molecule has 1 aromatic heterocycles. The van der Waals surface area contributed by atoms with Crippen LogP contribution in [0.2, 0.25) is 5.02 Å². The van der Waals surface area contributed by atoms with Gasteiger partial charge in [-0.3, -0.25) is 0 Å². The highest BCUT2D eigenvalue weighted by Gasteiger charge is 2.09. The summed E-state index contributed by atoms with van der Waals surface area (Å²) < 4.78 is 0. The van der Waals surface area contributed by atoms with Crippen LogP contribution >= 0.6 is 22.9 Å². The zero-order valence-corrected chi connectivity index (χ0v) is 11.4. The van der Waals surface area contributed by atoms with E-state index in [-0.39, 0.29) is 6.04 Å². The molecule has 90 valence electrons. The van der Waals surface area contributed by atoms with Crippen LogP contribution in [-0.2, 0) is 6.42 Å². The SMILES string of the molecule is Cc1cc(Cl)ccc1C(N)CCc1ccsc1. The number of hydrogen-bond donors (Lipinski definition) is 1. The van der Waals surface area contributed by atoms with Gasteiger partial charge in [-0.25, -0.2) is 0 Å². The van der Waals surface area contributed by atoms with E-state index in [0.29, 0.717) is 0 Å². The van der Waals surface area contributed by atoms with Crippen molar-refractivity contribution in [2.45, 2.75) is 25.8 Å². The van der Waals surface area contributed by atoms with E-state index in [1.165, 1.54) is 16.7 Å². The van der Waals surface area contributed by atoms with E-state index in [9.17, 15) is 0 Å². The Morgan fingerprint density at radius 3 is 2.82 bits per heavy atom. The summed E-state index contributed by atoms with van der Waals surface area (Å²) in [4.78, 5) is 0. The smallest absolute Gasteiger partial charge is 0.0408 e. The van der Waals surface area contributed by atoms with Gasteiger partial charge in [0.1, 0.15) is 0 Å². The second-order valence-electron chi connectivity index (χ2n) is 4.28. The molecule has 0 saturated carbocycles. The summed E-state index contributed by atoms with van der Waals surface area (Å²) in [6.07, 6.45) is 2.01. The van der Waals surface area contributed by atoms with Crippen LogP contribution in [0.3, 0.4) is 0 Å². The Bertz CT molecular complexity index is 479. The second-order valence-corrected chi connectivity index (χ2v) is 5.49. The molecule has 0 bridgehead atoms. The zero-order valence-electron chi connectivity index (χ0n) is 9.82. The first kappa shape index (κ1) is 12.6. The standard InChI is InChI=1S/C14H16ClNS/c1-10-8-12(15)3-4-13(10)14(16)5-2-11-6-7-17-9-11/h3-4,6-9,14H,2,5,16H2,1H3. The van der Waals surface area contributed by atoms with E-state index < -0.39 is 0 Å². The van der Waals surface area contributed by atoms with Crippen molar-refractivity contribution >= 4 is 22.9 Å². The summed E-state index contributed by atoms with van der Waals surface area (Å²) in [7, 11) is 0. The predicted octanol–water partition coefficient (Wildman–Crippen LogP) is 4.34. The normalized spacial score (nSPS) is 12.6. The lowest BCUT2D eigenvalue weighted by molar-refractivity contribution is 0.648. The molecule has 0 radical (unpaired) electrons. The van der Waals surface area contributed by atoms with Gasteiger partial charge in [0, 0.05) is 11.1 Å². The van der Waals surface area contributed by atoms with Gasteiger partial charge in [-0.2, -0.15) is 11.3 Å². The topological polar surface area (TPSA) is 26.0 Å². The molecule has 0 aliphatic heterocycles. The molecule has 1 unspecified atom stereocenters. The lowest BCUT2D eigenvalue weighted by Crippen LogP contribution is -2.12. The third kappa shape index (κ3) is 3.32. The average Bonchev–Trinajstić information content (AvgIpc) is 2.78. The molecule has 17 heavy (non-hydrogen) atoms. The summed E-state index contributed by atoms with van der Waals surface area (Å²) in [5.41, 5.74) is 9.97. The fraction of sp³-hybridized carbons (Fsp3) is 0.286. The van der Waals surface area contributed by atoms with Gasteiger partial charge in [0.05, 0.1) is 0 Å². The highest BCUT2D eigenvalue weighted by Crippen LogP contribution is 2.23. The van der Waals surface area contributed by atoms with E-state index >= 15 is 0 Å². The van der Waals surface area contributed by atoms with Crippen molar-refractivity contribution in [2.24, 2.45) is 5.73 Å². The lowest BCUT2D eigenvalue weighted by Gasteiger charge is -2.14. The molecule has 2 aromatic rings. The molecule has 1 heterocycles. The van der Waals surface area contributed by atoms with Gasteiger partial charge in [-0.15, -0.1) is 0 Å². The van der Waals surface area contributed by atoms with Crippen molar-refractivity contribution in [3.05, 3.63) is 56.7 Å². The second kappa shape index (κ2) is 5.67. The summed E-state index contributed by atoms with van der Waals surface area (Å²) in [6, 6.07) is 8.17. The number of hydrogen-bond acceptors (Lipinski definition) is 2. The minimum atomic E-state index is 0.0900. The Morgan fingerprint density at radius 2 is 2.18 bits per heavy atom. The number of benzene rings is 1. The minimum absolute atomic E-state index is 0.0900. The number of thiophene rings is 1. The summed E-state index contributed by atoms with van der Waals surface area (Å²) in [6.45, 7) is 2.06. The van der Waals surface area contributed by atoms with E-state index in [4.69, 9.17) is 17.3 Å². The Labute approximate surface area is 111 Å². The van der Waals surface area contributed by atoms with Crippen molar-refractivity contribution in [3.63, 3.8) is 0 Å². The molecule has 0 aliphatic carbocycles. The molecule has 0 aliphatic rings. The van der Waals surface area contributed by atoms with E-state index in [1.54, 1.807) is 11.3 Å². The van der Waals surface area contributed by atoms with Gasteiger partial charge in [0.25, 0.3) is 0 Å². The van der Waals surface area contributed by atoms with Gasteiger partial charge in [-0.1, -0.05) is 17.7 Å². The fourth-order valence-corrected chi connectivity index (χ4v) is 2.90. The van der Waals surface area contributed by atoms with Gasteiger partial charge in [-0.05, 0) is 65.4 Å². The number of nitrogens with two attached hydrogens (primary N) is 1. The van der Waals surface area contributed by atoms with E-state index in [1.807, 2.05) is 18.2 Å². The van der Waals surface area contributed by atoms with Crippen LogP contribution in [0, 0.1) is 6.92 Å². The number of halogens is 1. The summed E-state index contributed by atoms with van der Waals surface area (Å²) >= 11 is 7.67. The number of aryl methyl sites for hydroxylation is 2. The summed E-state index contributed by atoms with van der Waals surface area (Å²) in [5, 5.41) is 5.06. The van der Waals surface area contributed by atoms with Crippen LogP contribution < -0.4 is 5.73 Å². The first-order valence-corrected chi connectivity index (χ1v) is 7.01. The molecule has 1 atom stereocenters. The molecular formula is C14H16ClNS. The quantitative estimate of drug-likeness (QED) is 0.874. The van der Waals surface area contributed by atoms with Crippen LogP contribution in [-0.4, -0.2) is 0 Å². The highest BCUT2D eigenvalue weighted by atomic mass is 35.5. The highest BCUT2D eigenvalue weighted by molar-refractivity contribution is 7.07. The van der Waals surface area contributed by atoms with Crippen LogP contribution in [0.15, 0.2) is 35.0 Å². The molecule has 1 aromatic carbocycles. The van der Waals surface area contributed by atoms with E-state index in [0.717, 1.165) is 17.9 Å². The monoisotopic (exact) mass is 265 g/mol. The van der Waals surface area contributed by atoms with Gasteiger partial charge in [0.15, 0.2) is 0 Å². The molecule has 0 fully saturated rings.